The Kier molecular flexibility index (Phi) is 7.91. The molecule has 0 aromatic heterocycles. The summed E-state index contributed by atoms with van der Waals surface area (Å²) in [6, 6.07) is 71.5. The van der Waals surface area contributed by atoms with Crippen LogP contribution in [0, 0.1) is 23.7 Å². The largest absolute Gasteiger partial charge is 0.310 e. The van der Waals surface area contributed by atoms with Gasteiger partial charge in [-0.1, -0.05) is 159 Å². The van der Waals surface area contributed by atoms with Gasteiger partial charge < -0.3 is 4.90 Å². The molecule has 4 saturated carbocycles. The monoisotopic (exact) mass is 797 g/mol. The van der Waals surface area contributed by atoms with Crippen LogP contribution in [0.15, 0.2) is 188 Å². The van der Waals surface area contributed by atoms with E-state index in [2.05, 4.69) is 207 Å². The topological polar surface area (TPSA) is 3.24 Å². The summed E-state index contributed by atoms with van der Waals surface area (Å²) >= 11 is 0. The Morgan fingerprint density at radius 2 is 0.855 bits per heavy atom. The van der Waals surface area contributed by atoms with E-state index in [1.807, 2.05) is 0 Å². The fourth-order valence-electron chi connectivity index (χ4n) is 13.8. The highest BCUT2D eigenvalue weighted by molar-refractivity contribution is 5.95. The van der Waals surface area contributed by atoms with Crippen molar-refractivity contribution in [3.63, 3.8) is 0 Å². The van der Waals surface area contributed by atoms with Gasteiger partial charge in [0, 0.05) is 27.8 Å². The third kappa shape index (κ3) is 5.21. The van der Waals surface area contributed by atoms with Crippen molar-refractivity contribution in [2.24, 2.45) is 23.7 Å². The van der Waals surface area contributed by atoms with Gasteiger partial charge in [-0.2, -0.15) is 0 Å². The molecule has 6 aliphatic carbocycles. The van der Waals surface area contributed by atoms with Gasteiger partial charge in [0.2, 0.25) is 0 Å². The summed E-state index contributed by atoms with van der Waals surface area (Å²) < 4.78 is 0. The molecule has 0 amide bonds. The first kappa shape index (κ1) is 36.2. The third-order valence-electron chi connectivity index (χ3n) is 16.3. The summed E-state index contributed by atoms with van der Waals surface area (Å²) in [6.07, 6.45) is 6.96. The average Bonchev–Trinajstić information content (AvgIpc) is 3.73. The molecule has 8 aromatic carbocycles. The normalized spacial score (nSPS) is 22.9. The summed E-state index contributed by atoms with van der Waals surface area (Å²) in [7, 11) is 0. The van der Waals surface area contributed by atoms with Gasteiger partial charge in [-0.05, 0) is 171 Å². The number of hydrogen-bond acceptors (Lipinski definition) is 1. The standard InChI is InChI=1S/C61H51N/c1-60(2)55-21-13-12-20-50(55)51-26-24-49(38-58(51)60)62(59-29-23-45(42-16-8-4-9-17-42)35-52(59)43-18-10-5-11-19-43)48-25-28-57-54(37-48)53-36-44(41-14-6-3-7-15-41)22-27-56(53)61(57)46-31-39-30-40(33-46)34-47(61)32-39/h3-29,35-40,46-47H,30-34H2,1-2H3. The minimum atomic E-state index is -0.121. The molecule has 0 atom stereocenters. The van der Waals surface area contributed by atoms with E-state index in [0.717, 1.165) is 11.8 Å². The lowest BCUT2D eigenvalue weighted by Gasteiger charge is -2.61. The SMILES string of the molecule is CC1(C)c2ccccc2-c2ccc(N(c3ccc4c(c3)-c3cc(-c5ccccc5)ccc3C43C4CC5CC(C4)CC3C5)c3ccc(-c4ccccc4)cc3-c3ccccc3)cc21. The number of benzene rings is 8. The molecular formula is C61H51N. The highest BCUT2D eigenvalue weighted by atomic mass is 15.1. The van der Waals surface area contributed by atoms with Gasteiger partial charge in [0.05, 0.1) is 5.69 Å². The molecule has 14 rings (SSSR count). The Balaban J connectivity index is 1.06. The minimum Gasteiger partial charge on any atom is -0.310 e. The Hall–Kier alpha value is -6.44. The van der Waals surface area contributed by atoms with Crippen LogP contribution in [0.1, 0.15) is 68.2 Å². The second kappa shape index (κ2) is 13.5. The number of anilines is 3. The smallest absolute Gasteiger partial charge is 0.0540 e. The minimum absolute atomic E-state index is 0.0898. The maximum absolute atomic E-state index is 2.59. The summed E-state index contributed by atoms with van der Waals surface area (Å²) in [5, 5.41) is 0. The maximum atomic E-state index is 2.59. The van der Waals surface area contributed by atoms with Crippen LogP contribution in [-0.2, 0) is 10.8 Å². The first-order valence-corrected chi connectivity index (χ1v) is 23.1. The van der Waals surface area contributed by atoms with Crippen LogP contribution in [0.5, 0.6) is 0 Å². The molecule has 6 aliphatic rings. The predicted molar refractivity (Wildman–Crippen MR) is 258 cm³/mol. The number of nitrogens with zero attached hydrogens (tertiary/aromatic N) is 1. The zero-order valence-corrected chi connectivity index (χ0v) is 35.7. The molecule has 300 valence electrons. The fourth-order valence-corrected chi connectivity index (χ4v) is 13.8. The molecule has 0 heterocycles. The van der Waals surface area contributed by atoms with Crippen LogP contribution < -0.4 is 4.90 Å². The van der Waals surface area contributed by atoms with Gasteiger partial charge in [-0.15, -0.1) is 0 Å². The summed E-state index contributed by atoms with van der Waals surface area (Å²) in [5.41, 5.74) is 22.6. The van der Waals surface area contributed by atoms with Crippen molar-refractivity contribution in [2.45, 2.75) is 56.8 Å². The van der Waals surface area contributed by atoms with E-state index in [9.17, 15) is 0 Å². The molecule has 0 unspecified atom stereocenters. The van der Waals surface area contributed by atoms with Crippen LogP contribution in [0.25, 0.3) is 55.6 Å². The van der Waals surface area contributed by atoms with Gasteiger partial charge in [-0.25, -0.2) is 0 Å². The summed E-state index contributed by atoms with van der Waals surface area (Å²) in [6.45, 7) is 4.80. The molecule has 0 N–H and O–H groups in total. The molecular weight excluding hydrogens is 747 g/mol. The lowest BCUT2D eigenvalue weighted by molar-refractivity contribution is -0.0399. The summed E-state index contributed by atoms with van der Waals surface area (Å²) in [4.78, 5) is 2.58. The van der Waals surface area contributed by atoms with E-state index in [1.54, 1.807) is 11.1 Å². The highest BCUT2D eigenvalue weighted by Crippen LogP contribution is 2.70. The number of fused-ring (bicyclic) bond motifs is 6. The molecule has 1 heteroatoms. The number of hydrogen-bond donors (Lipinski definition) is 0. The first-order valence-electron chi connectivity index (χ1n) is 23.1. The Morgan fingerprint density at radius 3 is 1.52 bits per heavy atom. The van der Waals surface area contributed by atoms with E-state index in [-0.39, 0.29) is 10.8 Å². The zero-order chi connectivity index (χ0) is 41.2. The van der Waals surface area contributed by atoms with Crippen LogP contribution in [0.3, 0.4) is 0 Å². The van der Waals surface area contributed by atoms with Crippen molar-refractivity contribution in [1.29, 1.82) is 0 Å². The Morgan fingerprint density at radius 1 is 0.355 bits per heavy atom. The second-order valence-corrected chi connectivity index (χ2v) is 19.7. The van der Waals surface area contributed by atoms with Gasteiger partial charge >= 0.3 is 0 Å². The molecule has 4 fully saturated rings. The fraction of sp³-hybridized carbons (Fsp3) is 0.213. The molecule has 1 spiro atoms. The molecule has 1 nitrogen and oxygen atoms in total. The molecule has 4 bridgehead atoms. The molecule has 0 aliphatic heterocycles. The molecule has 0 saturated heterocycles. The van der Waals surface area contributed by atoms with Crippen molar-refractivity contribution >= 4 is 17.1 Å². The van der Waals surface area contributed by atoms with E-state index < -0.39 is 0 Å². The molecule has 62 heavy (non-hydrogen) atoms. The maximum Gasteiger partial charge on any atom is 0.0540 e. The quantitative estimate of drug-likeness (QED) is 0.162. The van der Waals surface area contributed by atoms with E-state index in [1.165, 1.54) is 116 Å². The molecule has 8 aromatic rings. The van der Waals surface area contributed by atoms with Crippen molar-refractivity contribution in [2.75, 3.05) is 4.90 Å². The predicted octanol–water partition coefficient (Wildman–Crippen LogP) is 16.2. The van der Waals surface area contributed by atoms with Crippen molar-refractivity contribution in [3.05, 3.63) is 210 Å². The van der Waals surface area contributed by atoms with Crippen LogP contribution in [0.4, 0.5) is 17.1 Å². The van der Waals surface area contributed by atoms with Gasteiger partial charge in [-0.3, -0.25) is 0 Å². The number of rotatable bonds is 6. The highest BCUT2D eigenvalue weighted by Gasteiger charge is 2.61. The molecule has 0 radical (unpaired) electrons. The first-order chi connectivity index (χ1) is 30.4. The lowest BCUT2D eigenvalue weighted by Crippen LogP contribution is -2.55. The Bertz CT molecular complexity index is 3020. The summed E-state index contributed by atoms with van der Waals surface area (Å²) in [5.74, 6) is 3.22. The van der Waals surface area contributed by atoms with Crippen molar-refractivity contribution in [3.8, 4) is 55.6 Å². The Labute approximate surface area is 366 Å². The van der Waals surface area contributed by atoms with E-state index in [0.29, 0.717) is 11.8 Å². The van der Waals surface area contributed by atoms with Crippen LogP contribution >= 0.6 is 0 Å². The second-order valence-electron chi connectivity index (χ2n) is 19.7. The average molecular weight is 798 g/mol. The van der Waals surface area contributed by atoms with Gasteiger partial charge in [0.15, 0.2) is 0 Å². The van der Waals surface area contributed by atoms with E-state index in [4.69, 9.17) is 0 Å². The van der Waals surface area contributed by atoms with Crippen LogP contribution in [-0.4, -0.2) is 0 Å². The third-order valence-corrected chi connectivity index (χ3v) is 16.3. The van der Waals surface area contributed by atoms with Crippen molar-refractivity contribution < 1.29 is 0 Å². The lowest BCUT2D eigenvalue weighted by atomic mass is 9.43. The van der Waals surface area contributed by atoms with Gasteiger partial charge in [0.1, 0.15) is 0 Å². The van der Waals surface area contributed by atoms with Gasteiger partial charge in [0.25, 0.3) is 0 Å². The van der Waals surface area contributed by atoms with E-state index >= 15 is 0 Å². The zero-order valence-electron chi connectivity index (χ0n) is 35.7. The van der Waals surface area contributed by atoms with Crippen molar-refractivity contribution in [1.82, 2.24) is 0 Å². The van der Waals surface area contributed by atoms with Crippen LogP contribution in [0.2, 0.25) is 0 Å².